The third-order valence-electron chi connectivity index (χ3n) is 4.33. The molecule has 1 aromatic carbocycles. The van der Waals surface area contributed by atoms with E-state index in [-0.39, 0.29) is 5.91 Å². The van der Waals surface area contributed by atoms with E-state index in [2.05, 4.69) is 38.1 Å². The van der Waals surface area contributed by atoms with Gasteiger partial charge in [0.25, 0.3) is 0 Å². The molecule has 0 bridgehead atoms. The quantitative estimate of drug-likeness (QED) is 0.917. The fourth-order valence-electron chi connectivity index (χ4n) is 2.95. The minimum Gasteiger partial charge on any atom is -0.340 e. The summed E-state index contributed by atoms with van der Waals surface area (Å²) in [6.07, 6.45) is 3.78. The maximum atomic E-state index is 12.4. The van der Waals surface area contributed by atoms with E-state index in [1.54, 1.807) is 4.90 Å². The number of amides is 1. The normalized spacial score (nSPS) is 17.4. The molecule has 1 aromatic rings. The largest absolute Gasteiger partial charge is 0.340 e. The number of carbonyl (C=O) groups excluding carboxylic acids is 1. The van der Waals surface area contributed by atoms with Crippen molar-refractivity contribution in [2.75, 3.05) is 7.05 Å². The van der Waals surface area contributed by atoms with Crippen LogP contribution in [0.25, 0.3) is 0 Å². The van der Waals surface area contributed by atoms with Gasteiger partial charge in [-0.1, -0.05) is 51.0 Å². The Bertz CT molecular complexity index is 458. The van der Waals surface area contributed by atoms with Gasteiger partial charge in [0.15, 0.2) is 0 Å². The molecule has 0 aliphatic heterocycles. The van der Waals surface area contributed by atoms with Crippen LogP contribution in [0.2, 0.25) is 0 Å². The Morgan fingerprint density at radius 3 is 2.30 bits per heavy atom. The Morgan fingerprint density at radius 2 is 1.80 bits per heavy atom. The molecule has 2 N–H and O–H groups in total. The standard InChI is InChI=1S/C17H26N2O/c1-13(2)15-8-6-14(7-9-15)12-19(3)16(20)17(18)10-4-5-11-17/h6-9,13H,4-5,10-12,18H2,1-3H3. The van der Waals surface area contributed by atoms with E-state index in [1.165, 1.54) is 5.56 Å². The van der Waals surface area contributed by atoms with Crippen LogP contribution in [0.15, 0.2) is 24.3 Å². The van der Waals surface area contributed by atoms with E-state index >= 15 is 0 Å². The zero-order valence-electron chi connectivity index (χ0n) is 12.9. The fraction of sp³-hybridized carbons (Fsp3) is 0.588. The van der Waals surface area contributed by atoms with Crippen molar-refractivity contribution in [1.29, 1.82) is 0 Å². The van der Waals surface area contributed by atoms with E-state index < -0.39 is 5.54 Å². The second-order valence-electron chi connectivity index (χ2n) is 6.42. The van der Waals surface area contributed by atoms with Crippen LogP contribution in [0.3, 0.4) is 0 Å². The van der Waals surface area contributed by atoms with Crippen LogP contribution in [-0.2, 0) is 11.3 Å². The predicted octanol–water partition coefficient (Wildman–Crippen LogP) is 3.04. The second-order valence-corrected chi connectivity index (χ2v) is 6.42. The Kier molecular flexibility index (Phi) is 4.48. The zero-order valence-corrected chi connectivity index (χ0v) is 12.9. The van der Waals surface area contributed by atoms with Gasteiger partial charge in [-0.15, -0.1) is 0 Å². The molecule has 110 valence electrons. The van der Waals surface area contributed by atoms with Crippen LogP contribution >= 0.6 is 0 Å². The summed E-state index contributed by atoms with van der Waals surface area (Å²) in [4.78, 5) is 14.2. The fourth-order valence-corrected chi connectivity index (χ4v) is 2.95. The van der Waals surface area contributed by atoms with Crippen molar-refractivity contribution < 1.29 is 4.79 Å². The first kappa shape index (κ1) is 15.0. The molecule has 0 unspecified atom stereocenters. The Labute approximate surface area is 122 Å². The molecule has 0 heterocycles. The number of likely N-dealkylation sites (N-methyl/N-ethyl adjacent to an activating group) is 1. The van der Waals surface area contributed by atoms with Crippen LogP contribution in [0.1, 0.15) is 56.6 Å². The van der Waals surface area contributed by atoms with E-state index in [1.807, 2.05) is 7.05 Å². The number of hydrogen-bond acceptors (Lipinski definition) is 2. The van der Waals surface area contributed by atoms with Gasteiger partial charge >= 0.3 is 0 Å². The summed E-state index contributed by atoms with van der Waals surface area (Å²) in [5.74, 6) is 0.622. The lowest BCUT2D eigenvalue weighted by Gasteiger charge is -2.28. The lowest BCUT2D eigenvalue weighted by Crippen LogP contribution is -2.52. The summed E-state index contributed by atoms with van der Waals surface area (Å²) in [5.41, 5.74) is 8.10. The minimum absolute atomic E-state index is 0.0861. The molecular formula is C17H26N2O. The lowest BCUT2D eigenvalue weighted by atomic mass is 9.97. The summed E-state index contributed by atoms with van der Waals surface area (Å²) >= 11 is 0. The lowest BCUT2D eigenvalue weighted by molar-refractivity contribution is -0.136. The summed E-state index contributed by atoms with van der Waals surface area (Å²) in [5, 5.41) is 0. The van der Waals surface area contributed by atoms with E-state index in [0.29, 0.717) is 12.5 Å². The van der Waals surface area contributed by atoms with Gasteiger partial charge in [-0.2, -0.15) is 0 Å². The topological polar surface area (TPSA) is 46.3 Å². The summed E-state index contributed by atoms with van der Waals surface area (Å²) < 4.78 is 0. The first-order valence-corrected chi connectivity index (χ1v) is 7.56. The first-order chi connectivity index (χ1) is 9.42. The summed E-state index contributed by atoms with van der Waals surface area (Å²) in [6, 6.07) is 8.51. The first-order valence-electron chi connectivity index (χ1n) is 7.56. The highest BCUT2D eigenvalue weighted by molar-refractivity contribution is 5.86. The molecule has 1 saturated carbocycles. The van der Waals surface area contributed by atoms with Crippen molar-refractivity contribution >= 4 is 5.91 Å². The molecule has 0 spiro atoms. The minimum atomic E-state index is -0.618. The number of benzene rings is 1. The highest BCUT2D eigenvalue weighted by atomic mass is 16.2. The van der Waals surface area contributed by atoms with Crippen LogP contribution in [0.5, 0.6) is 0 Å². The van der Waals surface area contributed by atoms with Gasteiger partial charge in [0.1, 0.15) is 0 Å². The van der Waals surface area contributed by atoms with Crippen molar-refractivity contribution in [3.8, 4) is 0 Å². The van der Waals surface area contributed by atoms with E-state index in [0.717, 1.165) is 31.2 Å². The van der Waals surface area contributed by atoms with E-state index in [4.69, 9.17) is 5.73 Å². The molecule has 0 saturated heterocycles. The van der Waals surface area contributed by atoms with Gasteiger partial charge in [-0.25, -0.2) is 0 Å². The Balaban J connectivity index is 2.00. The molecule has 1 aliphatic rings. The van der Waals surface area contributed by atoms with Crippen LogP contribution in [0, 0.1) is 0 Å². The SMILES string of the molecule is CC(C)c1ccc(CN(C)C(=O)C2(N)CCCC2)cc1. The average Bonchev–Trinajstić information content (AvgIpc) is 2.86. The monoisotopic (exact) mass is 274 g/mol. The molecule has 0 atom stereocenters. The molecule has 1 amide bonds. The molecule has 3 heteroatoms. The number of nitrogens with zero attached hydrogens (tertiary/aromatic N) is 1. The summed E-state index contributed by atoms with van der Waals surface area (Å²) in [7, 11) is 1.85. The predicted molar refractivity (Wildman–Crippen MR) is 82.4 cm³/mol. The maximum absolute atomic E-state index is 12.4. The number of hydrogen-bond donors (Lipinski definition) is 1. The smallest absolute Gasteiger partial charge is 0.242 e. The molecule has 20 heavy (non-hydrogen) atoms. The van der Waals surface area contributed by atoms with E-state index in [9.17, 15) is 4.79 Å². The zero-order chi connectivity index (χ0) is 14.8. The molecule has 0 aromatic heterocycles. The number of carbonyl (C=O) groups is 1. The molecule has 1 fully saturated rings. The highest BCUT2D eigenvalue weighted by Crippen LogP contribution is 2.29. The van der Waals surface area contributed by atoms with Crippen molar-refractivity contribution in [3.63, 3.8) is 0 Å². The Hall–Kier alpha value is -1.35. The van der Waals surface area contributed by atoms with Crippen LogP contribution in [-0.4, -0.2) is 23.4 Å². The van der Waals surface area contributed by atoms with Gasteiger partial charge < -0.3 is 10.6 Å². The Morgan fingerprint density at radius 1 is 1.25 bits per heavy atom. The van der Waals surface area contributed by atoms with Gasteiger partial charge in [0.05, 0.1) is 5.54 Å². The van der Waals surface area contributed by atoms with Gasteiger partial charge in [0, 0.05) is 13.6 Å². The van der Waals surface area contributed by atoms with Gasteiger partial charge in [0.2, 0.25) is 5.91 Å². The molecule has 0 radical (unpaired) electrons. The van der Waals surface area contributed by atoms with Gasteiger partial charge in [-0.05, 0) is 29.9 Å². The molecule has 3 nitrogen and oxygen atoms in total. The van der Waals surface area contributed by atoms with Crippen molar-refractivity contribution in [1.82, 2.24) is 4.90 Å². The molecular weight excluding hydrogens is 248 g/mol. The van der Waals surface area contributed by atoms with Crippen molar-refractivity contribution in [3.05, 3.63) is 35.4 Å². The maximum Gasteiger partial charge on any atom is 0.242 e. The van der Waals surface area contributed by atoms with Crippen molar-refractivity contribution in [2.24, 2.45) is 5.73 Å². The van der Waals surface area contributed by atoms with Crippen molar-refractivity contribution in [2.45, 2.75) is 57.5 Å². The average molecular weight is 274 g/mol. The second kappa shape index (κ2) is 5.96. The summed E-state index contributed by atoms with van der Waals surface area (Å²) in [6.45, 7) is 5.00. The highest BCUT2D eigenvalue weighted by Gasteiger charge is 2.38. The number of rotatable bonds is 4. The third-order valence-corrected chi connectivity index (χ3v) is 4.33. The third kappa shape index (κ3) is 3.21. The molecule has 2 rings (SSSR count). The van der Waals surface area contributed by atoms with Crippen LogP contribution in [0.4, 0.5) is 0 Å². The molecule has 1 aliphatic carbocycles. The van der Waals surface area contributed by atoms with Gasteiger partial charge in [-0.3, -0.25) is 4.79 Å². The van der Waals surface area contributed by atoms with Crippen LogP contribution < -0.4 is 5.73 Å². The number of nitrogens with two attached hydrogens (primary N) is 1.